The molecule has 1 aliphatic carbocycles. The highest BCUT2D eigenvalue weighted by Gasteiger charge is 2.58. The summed E-state index contributed by atoms with van der Waals surface area (Å²) in [5, 5.41) is 18.4. The SMILES string of the molecule is COc1cc(C(=O)NC[C@@](O)(c2cc3c(c(-c4ccc(F)c(Br)c4F)n2)OC[C@]3(C)C(N)=O)C(F)(F)F)cc2cn(C3CC3)nc12. The van der Waals surface area contributed by atoms with E-state index in [-0.39, 0.29) is 28.7 Å². The number of nitrogens with one attached hydrogen (secondary N) is 1. The minimum Gasteiger partial charge on any atom is -0.494 e. The Bertz CT molecular complexity index is 1930. The number of nitrogens with two attached hydrogens (primary N) is 1. The molecule has 2 amide bonds. The Labute approximate surface area is 265 Å². The number of benzene rings is 2. The van der Waals surface area contributed by atoms with E-state index in [0.717, 1.165) is 31.0 Å². The maximum Gasteiger partial charge on any atom is 0.424 e. The number of methoxy groups -OCH3 is 1. The molecule has 0 bridgehead atoms. The highest BCUT2D eigenvalue weighted by Crippen LogP contribution is 2.48. The molecule has 46 heavy (non-hydrogen) atoms. The largest absolute Gasteiger partial charge is 0.494 e. The first-order chi connectivity index (χ1) is 21.6. The number of amides is 2. The minimum atomic E-state index is -5.46. The van der Waals surface area contributed by atoms with E-state index in [9.17, 15) is 32.3 Å². The second kappa shape index (κ2) is 10.9. The Morgan fingerprint density at radius 2 is 1.96 bits per heavy atom. The average molecular weight is 710 g/mol. The Kier molecular flexibility index (Phi) is 7.50. The van der Waals surface area contributed by atoms with Crippen LogP contribution in [0.1, 0.15) is 47.4 Å². The first kappa shape index (κ1) is 31.7. The van der Waals surface area contributed by atoms with Crippen LogP contribution in [-0.4, -0.2) is 58.1 Å². The highest BCUT2D eigenvalue weighted by atomic mass is 79.9. The lowest BCUT2D eigenvalue weighted by molar-refractivity contribution is -0.265. The van der Waals surface area contributed by atoms with Crippen molar-refractivity contribution in [1.82, 2.24) is 20.1 Å². The van der Waals surface area contributed by atoms with E-state index in [4.69, 9.17) is 15.2 Å². The number of aliphatic hydroxyl groups is 1. The standard InChI is InChI=1S/C30H25BrF5N5O5/c1-28(27(37)43)12-46-25-17(28)9-20(39-24(25)16-5-6-18(32)21(31)22(16)33)29(44,30(34,35)36)11-38-26(42)13-7-14-10-41(15-3-4-15)40-23(14)19(8-13)45-2/h5-10,15,44H,3-4,11-12H2,1-2H3,(H2,37,43)(H,38,42)/t28-,29+/m0/s1. The number of hydrogen-bond acceptors (Lipinski definition) is 7. The van der Waals surface area contributed by atoms with Crippen molar-refractivity contribution in [3.05, 3.63) is 69.5 Å². The van der Waals surface area contributed by atoms with Crippen molar-refractivity contribution in [3.8, 4) is 22.8 Å². The van der Waals surface area contributed by atoms with Gasteiger partial charge in [0.15, 0.2) is 0 Å². The lowest BCUT2D eigenvalue weighted by atomic mass is 9.81. The third kappa shape index (κ3) is 5.03. The number of nitrogens with zero attached hydrogens (tertiary/aromatic N) is 3. The van der Waals surface area contributed by atoms with Gasteiger partial charge in [-0.1, -0.05) is 0 Å². The van der Waals surface area contributed by atoms with Crippen LogP contribution in [0.2, 0.25) is 0 Å². The van der Waals surface area contributed by atoms with E-state index in [1.807, 2.05) is 0 Å². The first-order valence-corrected chi connectivity index (χ1v) is 14.6. The summed E-state index contributed by atoms with van der Waals surface area (Å²) in [4.78, 5) is 29.6. The number of ether oxygens (including phenoxy) is 2. The third-order valence-corrected chi connectivity index (χ3v) is 9.03. The number of carbonyl (C=O) groups excluding carboxylic acids is 2. The van der Waals surface area contributed by atoms with Crippen molar-refractivity contribution < 1.29 is 46.1 Å². The van der Waals surface area contributed by atoms with Crippen molar-refractivity contribution in [2.24, 2.45) is 5.73 Å². The predicted octanol–water partition coefficient (Wildman–Crippen LogP) is 4.80. The average Bonchev–Trinajstić information content (AvgIpc) is 3.68. The van der Waals surface area contributed by atoms with Crippen LogP contribution < -0.4 is 20.5 Å². The van der Waals surface area contributed by atoms with Gasteiger partial charge in [0.05, 0.1) is 29.9 Å². The van der Waals surface area contributed by atoms with Gasteiger partial charge in [-0.15, -0.1) is 0 Å². The molecule has 2 aromatic heterocycles. The van der Waals surface area contributed by atoms with E-state index in [0.29, 0.717) is 10.9 Å². The molecular weight excluding hydrogens is 685 g/mol. The monoisotopic (exact) mass is 709 g/mol. The lowest BCUT2D eigenvalue weighted by Crippen LogP contribution is -2.51. The first-order valence-electron chi connectivity index (χ1n) is 13.9. The molecule has 0 unspecified atom stereocenters. The van der Waals surface area contributed by atoms with Crippen LogP contribution in [-0.2, 0) is 15.8 Å². The van der Waals surface area contributed by atoms with Crippen LogP contribution in [0.15, 0.2) is 41.0 Å². The van der Waals surface area contributed by atoms with E-state index >= 15 is 4.39 Å². The predicted molar refractivity (Wildman–Crippen MR) is 156 cm³/mol. The summed E-state index contributed by atoms with van der Waals surface area (Å²) in [7, 11) is 1.36. The zero-order chi connectivity index (χ0) is 33.3. The molecule has 0 saturated heterocycles. The molecule has 3 heterocycles. The van der Waals surface area contributed by atoms with Crippen molar-refractivity contribution >= 4 is 38.6 Å². The van der Waals surface area contributed by atoms with E-state index in [2.05, 4.69) is 31.3 Å². The molecule has 1 saturated carbocycles. The van der Waals surface area contributed by atoms with E-state index in [1.165, 1.54) is 26.2 Å². The maximum atomic E-state index is 15.3. The minimum absolute atomic E-state index is 0.0697. The van der Waals surface area contributed by atoms with Crippen LogP contribution in [0.3, 0.4) is 0 Å². The zero-order valence-electron chi connectivity index (χ0n) is 24.1. The van der Waals surface area contributed by atoms with Gasteiger partial charge in [0, 0.05) is 28.3 Å². The Hall–Kier alpha value is -4.31. The normalized spacial score (nSPS) is 19.0. The smallest absolute Gasteiger partial charge is 0.424 e. The van der Waals surface area contributed by atoms with Gasteiger partial charge in [0.2, 0.25) is 11.5 Å². The van der Waals surface area contributed by atoms with Gasteiger partial charge in [-0.2, -0.15) is 18.3 Å². The number of pyridine rings is 1. The van der Waals surface area contributed by atoms with Gasteiger partial charge < -0.3 is 25.6 Å². The van der Waals surface area contributed by atoms with Crippen molar-refractivity contribution in [1.29, 1.82) is 0 Å². The molecule has 4 aromatic rings. The van der Waals surface area contributed by atoms with Crippen LogP contribution in [0.25, 0.3) is 22.2 Å². The molecule has 1 aliphatic heterocycles. The Morgan fingerprint density at radius 1 is 1.24 bits per heavy atom. The lowest BCUT2D eigenvalue weighted by Gasteiger charge is -2.31. The second-order valence-electron chi connectivity index (χ2n) is 11.4. The number of primary amides is 1. The fraction of sp³-hybridized carbons (Fsp3) is 0.333. The summed E-state index contributed by atoms with van der Waals surface area (Å²) >= 11 is 2.76. The fourth-order valence-corrected chi connectivity index (χ4v) is 5.62. The van der Waals surface area contributed by atoms with Gasteiger partial charge in [-0.3, -0.25) is 14.3 Å². The fourth-order valence-electron chi connectivity index (χ4n) is 5.27. The quantitative estimate of drug-likeness (QED) is 0.176. The molecule has 2 aromatic carbocycles. The molecule has 2 aliphatic rings. The number of alkyl halides is 3. The topological polar surface area (TPSA) is 142 Å². The number of halogens is 6. The molecule has 6 rings (SSSR count). The van der Waals surface area contributed by atoms with E-state index in [1.54, 1.807) is 10.9 Å². The number of hydrogen-bond donors (Lipinski definition) is 3. The molecule has 1 fully saturated rings. The molecule has 10 nitrogen and oxygen atoms in total. The molecule has 4 N–H and O–H groups in total. The summed E-state index contributed by atoms with van der Waals surface area (Å²) in [6.45, 7) is -0.566. The van der Waals surface area contributed by atoms with Crippen LogP contribution in [0.5, 0.6) is 11.5 Å². The summed E-state index contributed by atoms with van der Waals surface area (Å²) < 4.78 is 85.6. The second-order valence-corrected chi connectivity index (χ2v) is 12.2. The molecular formula is C30H25BrF5N5O5. The van der Waals surface area contributed by atoms with Gasteiger partial charge in [0.1, 0.15) is 46.4 Å². The molecule has 0 radical (unpaired) electrons. The van der Waals surface area contributed by atoms with Gasteiger partial charge >= 0.3 is 6.18 Å². The Morgan fingerprint density at radius 3 is 2.59 bits per heavy atom. The summed E-state index contributed by atoms with van der Waals surface area (Å²) in [6.07, 6.45) is -1.88. The highest BCUT2D eigenvalue weighted by molar-refractivity contribution is 9.10. The molecule has 16 heteroatoms. The molecule has 2 atom stereocenters. The zero-order valence-corrected chi connectivity index (χ0v) is 25.7. The van der Waals surface area contributed by atoms with Gasteiger partial charge in [-0.05, 0) is 66.0 Å². The number of carbonyl (C=O) groups is 2. The van der Waals surface area contributed by atoms with Crippen molar-refractivity contribution in [3.63, 3.8) is 0 Å². The number of rotatable bonds is 8. The molecule has 0 spiro atoms. The van der Waals surface area contributed by atoms with E-state index < -0.39 is 75.2 Å². The molecule has 242 valence electrons. The van der Waals surface area contributed by atoms with Crippen LogP contribution in [0.4, 0.5) is 22.0 Å². The van der Waals surface area contributed by atoms with Gasteiger partial charge in [-0.25, -0.2) is 13.8 Å². The summed E-state index contributed by atoms with van der Waals surface area (Å²) in [6, 6.07) is 5.52. The third-order valence-electron chi connectivity index (χ3n) is 8.30. The van der Waals surface area contributed by atoms with Gasteiger partial charge in [0.25, 0.3) is 5.91 Å². The summed E-state index contributed by atoms with van der Waals surface area (Å²) in [5.41, 5.74) is -1.94. The van der Waals surface area contributed by atoms with Crippen molar-refractivity contribution in [2.45, 2.75) is 43.0 Å². The summed E-state index contributed by atoms with van der Waals surface area (Å²) in [5.74, 6) is -4.24. The van der Waals surface area contributed by atoms with Crippen molar-refractivity contribution in [2.75, 3.05) is 20.3 Å². The maximum absolute atomic E-state index is 15.3. The van der Waals surface area contributed by atoms with Crippen LogP contribution in [0, 0.1) is 11.6 Å². The number of fused-ring (bicyclic) bond motifs is 2. The van der Waals surface area contributed by atoms with Crippen LogP contribution >= 0.6 is 15.9 Å². The Balaban J connectivity index is 1.43. The number of aromatic nitrogens is 3.